The van der Waals surface area contributed by atoms with Gasteiger partial charge in [-0.2, -0.15) is 5.26 Å². The van der Waals surface area contributed by atoms with Crippen LogP contribution in [0.2, 0.25) is 0 Å². The van der Waals surface area contributed by atoms with Crippen molar-refractivity contribution in [3.8, 4) is 6.07 Å². The van der Waals surface area contributed by atoms with Gasteiger partial charge >= 0.3 is 11.9 Å². The summed E-state index contributed by atoms with van der Waals surface area (Å²) in [6, 6.07) is 1.73. The van der Waals surface area contributed by atoms with Crippen molar-refractivity contribution in [1.82, 2.24) is 4.90 Å². The van der Waals surface area contributed by atoms with Crippen molar-refractivity contribution < 1.29 is 19.1 Å². The Labute approximate surface area is 106 Å². The van der Waals surface area contributed by atoms with Gasteiger partial charge in [0.2, 0.25) is 0 Å². The smallest absolute Gasteiger partial charge is 0.349 e. The Morgan fingerprint density at radius 3 is 2.39 bits per heavy atom. The third-order valence-corrected chi connectivity index (χ3v) is 1.61. The van der Waals surface area contributed by atoms with E-state index < -0.39 is 11.9 Å². The first-order chi connectivity index (χ1) is 8.47. The molecular formula is C12H16N2O4. The Morgan fingerprint density at radius 2 is 1.89 bits per heavy atom. The van der Waals surface area contributed by atoms with Crippen LogP contribution in [0.5, 0.6) is 0 Å². The van der Waals surface area contributed by atoms with Gasteiger partial charge in [-0.1, -0.05) is 0 Å². The van der Waals surface area contributed by atoms with Gasteiger partial charge in [-0.25, -0.2) is 4.79 Å². The normalized spacial score (nSPS) is 10.9. The van der Waals surface area contributed by atoms with E-state index in [1.807, 2.05) is 14.1 Å². The Kier molecular flexibility index (Phi) is 7.69. The van der Waals surface area contributed by atoms with Crippen LogP contribution in [0.3, 0.4) is 0 Å². The maximum Gasteiger partial charge on any atom is 0.349 e. The SMILES string of the molecule is CC(=O)OCCOC(=O)C(C#N)=CC=CN(C)C. The van der Waals surface area contributed by atoms with Crippen molar-refractivity contribution in [3.05, 3.63) is 23.9 Å². The highest BCUT2D eigenvalue weighted by atomic mass is 16.6. The zero-order chi connectivity index (χ0) is 14.0. The van der Waals surface area contributed by atoms with Gasteiger partial charge < -0.3 is 14.4 Å². The second-order valence-corrected chi connectivity index (χ2v) is 3.47. The second-order valence-electron chi connectivity index (χ2n) is 3.47. The molecule has 6 nitrogen and oxygen atoms in total. The lowest BCUT2D eigenvalue weighted by Crippen LogP contribution is -2.13. The molecule has 18 heavy (non-hydrogen) atoms. The molecule has 0 unspecified atom stereocenters. The topological polar surface area (TPSA) is 79.6 Å². The van der Waals surface area contributed by atoms with Gasteiger partial charge in [0.25, 0.3) is 0 Å². The number of esters is 2. The lowest BCUT2D eigenvalue weighted by molar-refractivity contribution is -0.148. The summed E-state index contributed by atoms with van der Waals surface area (Å²) in [5.74, 6) is -1.19. The summed E-state index contributed by atoms with van der Waals surface area (Å²) in [4.78, 5) is 23.6. The molecule has 0 N–H and O–H groups in total. The van der Waals surface area contributed by atoms with Crippen molar-refractivity contribution in [2.45, 2.75) is 6.92 Å². The third-order valence-electron chi connectivity index (χ3n) is 1.61. The van der Waals surface area contributed by atoms with Gasteiger partial charge in [-0.05, 0) is 18.4 Å². The van der Waals surface area contributed by atoms with Crippen LogP contribution in [0.25, 0.3) is 0 Å². The summed E-state index contributed by atoms with van der Waals surface area (Å²) in [7, 11) is 3.63. The molecule has 98 valence electrons. The molecule has 6 heteroatoms. The lowest BCUT2D eigenvalue weighted by atomic mass is 10.3. The summed E-state index contributed by atoms with van der Waals surface area (Å²) in [6.45, 7) is 1.16. The number of hydrogen-bond donors (Lipinski definition) is 0. The first kappa shape index (κ1) is 15.7. The standard InChI is InChI=1S/C12H16N2O4/c1-10(15)17-7-8-18-12(16)11(9-13)5-4-6-14(2)3/h4-6H,7-8H2,1-3H3. The van der Waals surface area contributed by atoms with Gasteiger partial charge in [-0.15, -0.1) is 0 Å². The van der Waals surface area contributed by atoms with Crippen LogP contribution >= 0.6 is 0 Å². The molecule has 0 spiro atoms. The number of allylic oxidation sites excluding steroid dienone is 2. The van der Waals surface area contributed by atoms with Crippen molar-refractivity contribution in [2.24, 2.45) is 0 Å². The maximum atomic E-state index is 11.4. The molecule has 0 heterocycles. The molecule has 0 radical (unpaired) electrons. The van der Waals surface area contributed by atoms with E-state index in [9.17, 15) is 9.59 Å². The Bertz CT molecular complexity index is 391. The summed E-state index contributed by atoms with van der Waals surface area (Å²) >= 11 is 0. The second kappa shape index (κ2) is 8.82. The van der Waals surface area contributed by atoms with Crippen molar-refractivity contribution in [2.75, 3.05) is 27.3 Å². The largest absolute Gasteiger partial charge is 0.462 e. The van der Waals surface area contributed by atoms with Crippen LogP contribution in [0.1, 0.15) is 6.92 Å². The molecule has 0 fully saturated rings. The lowest BCUT2D eigenvalue weighted by Gasteiger charge is -2.04. The molecule has 0 rings (SSSR count). The van der Waals surface area contributed by atoms with Crippen molar-refractivity contribution >= 4 is 11.9 Å². The van der Waals surface area contributed by atoms with E-state index in [-0.39, 0.29) is 18.8 Å². The quantitative estimate of drug-likeness (QED) is 0.227. The summed E-state index contributed by atoms with van der Waals surface area (Å²) in [5, 5.41) is 8.75. The van der Waals surface area contributed by atoms with Gasteiger partial charge in [0.15, 0.2) is 0 Å². The Morgan fingerprint density at radius 1 is 1.28 bits per heavy atom. The van der Waals surface area contributed by atoms with E-state index in [1.54, 1.807) is 23.2 Å². The van der Waals surface area contributed by atoms with Gasteiger partial charge in [0, 0.05) is 21.0 Å². The van der Waals surface area contributed by atoms with E-state index in [1.165, 1.54) is 13.0 Å². The fourth-order valence-corrected chi connectivity index (χ4v) is 0.860. The fraction of sp³-hybridized carbons (Fsp3) is 0.417. The van der Waals surface area contributed by atoms with Crippen LogP contribution in [0, 0.1) is 11.3 Å². The number of hydrogen-bond acceptors (Lipinski definition) is 6. The molecule has 0 aliphatic heterocycles. The van der Waals surface area contributed by atoms with E-state index in [4.69, 9.17) is 10.00 Å². The minimum absolute atomic E-state index is 0.0205. The first-order valence-electron chi connectivity index (χ1n) is 5.23. The average molecular weight is 252 g/mol. The highest BCUT2D eigenvalue weighted by Crippen LogP contribution is 1.98. The number of rotatable bonds is 6. The van der Waals surface area contributed by atoms with Crippen LogP contribution in [-0.2, 0) is 19.1 Å². The van der Waals surface area contributed by atoms with Crippen molar-refractivity contribution in [3.63, 3.8) is 0 Å². The van der Waals surface area contributed by atoms with E-state index in [0.29, 0.717) is 0 Å². The summed E-state index contributed by atoms with van der Waals surface area (Å²) in [5.41, 5.74) is -0.115. The van der Waals surface area contributed by atoms with E-state index in [0.717, 1.165) is 0 Å². The minimum Gasteiger partial charge on any atom is -0.462 e. The number of nitriles is 1. The van der Waals surface area contributed by atoms with Crippen LogP contribution < -0.4 is 0 Å². The van der Waals surface area contributed by atoms with Gasteiger partial charge in [0.05, 0.1) is 0 Å². The number of carbonyl (C=O) groups excluding carboxylic acids is 2. The van der Waals surface area contributed by atoms with Crippen LogP contribution in [0.15, 0.2) is 23.9 Å². The summed E-state index contributed by atoms with van der Waals surface area (Å²) in [6.07, 6.45) is 4.60. The van der Waals surface area contributed by atoms with Crippen LogP contribution in [-0.4, -0.2) is 44.1 Å². The number of ether oxygens (including phenoxy) is 2. The monoisotopic (exact) mass is 252 g/mol. The predicted molar refractivity (Wildman–Crippen MR) is 64.1 cm³/mol. The van der Waals surface area contributed by atoms with Crippen LogP contribution in [0.4, 0.5) is 0 Å². The minimum atomic E-state index is -0.743. The highest BCUT2D eigenvalue weighted by molar-refractivity contribution is 5.93. The molecule has 0 aromatic heterocycles. The predicted octanol–water partition coefficient (Wildman–Crippen LogP) is 0.618. The molecule has 0 aliphatic carbocycles. The average Bonchev–Trinajstić information content (AvgIpc) is 2.29. The Hall–Kier alpha value is -2.29. The molecule has 0 aromatic rings. The highest BCUT2D eigenvalue weighted by Gasteiger charge is 2.09. The molecule has 0 aromatic carbocycles. The maximum absolute atomic E-state index is 11.4. The third kappa shape index (κ3) is 7.93. The van der Waals surface area contributed by atoms with Gasteiger partial charge in [0.1, 0.15) is 24.9 Å². The Balaban J connectivity index is 4.20. The zero-order valence-electron chi connectivity index (χ0n) is 10.7. The summed E-state index contributed by atoms with van der Waals surface area (Å²) < 4.78 is 9.33. The number of carbonyl (C=O) groups is 2. The van der Waals surface area contributed by atoms with E-state index >= 15 is 0 Å². The molecule has 0 saturated heterocycles. The molecule has 0 atom stereocenters. The first-order valence-corrected chi connectivity index (χ1v) is 5.23. The zero-order valence-corrected chi connectivity index (χ0v) is 10.7. The number of nitrogens with zero attached hydrogens (tertiary/aromatic N) is 2. The molecule has 0 saturated carbocycles. The molecule has 0 bridgehead atoms. The van der Waals surface area contributed by atoms with E-state index in [2.05, 4.69) is 4.74 Å². The fourth-order valence-electron chi connectivity index (χ4n) is 0.860. The molecule has 0 aliphatic rings. The molecule has 0 amide bonds. The van der Waals surface area contributed by atoms with Crippen molar-refractivity contribution in [1.29, 1.82) is 5.26 Å². The molecular weight excluding hydrogens is 236 g/mol. The van der Waals surface area contributed by atoms with Gasteiger partial charge in [-0.3, -0.25) is 4.79 Å².